The SMILES string of the molecule is COc1ccc(C(OC[C@H]2O[C@@H](n3ccc(N)nc3=O)[C@H](O)[C@@H]2OP(O[Si](C)(C)C)O[Si](C)(C)C)(c2ccccc2)c2ccc(OC)cc2)cc1. The molecule has 274 valence electrons. The third kappa shape index (κ3) is 9.33. The molecule has 1 aliphatic rings. The molecule has 0 spiro atoms. The molecule has 1 aliphatic heterocycles. The lowest BCUT2D eigenvalue weighted by atomic mass is 9.80. The zero-order valence-electron chi connectivity index (χ0n) is 30.3. The Kier molecular flexibility index (Phi) is 12.2. The van der Waals surface area contributed by atoms with E-state index in [-0.39, 0.29) is 12.4 Å². The molecule has 12 nitrogen and oxygen atoms in total. The summed E-state index contributed by atoms with van der Waals surface area (Å²) in [6.07, 6.45) is -2.95. The molecule has 2 heterocycles. The molecule has 0 saturated carbocycles. The Morgan fingerprint density at radius 2 is 1.33 bits per heavy atom. The first-order valence-electron chi connectivity index (χ1n) is 16.7. The van der Waals surface area contributed by atoms with Gasteiger partial charge in [0.15, 0.2) is 22.9 Å². The number of nitrogens with two attached hydrogens (primary N) is 1. The van der Waals surface area contributed by atoms with Gasteiger partial charge in [0.25, 0.3) is 0 Å². The zero-order chi connectivity index (χ0) is 37.0. The van der Waals surface area contributed by atoms with Crippen molar-refractivity contribution in [1.29, 1.82) is 0 Å². The number of ether oxygens (including phenoxy) is 4. The molecular formula is C36H48N3O9PSi2. The van der Waals surface area contributed by atoms with Gasteiger partial charge in [-0.1, -0.05) is 54.6 Å². The molecular weight excluding hydrogens is 706 g/mol. The van der Waals surface area contributed by atoms with Crippen molar-refractivity contribution in [2.75, 3.05) is 26.6 Å². The second kappa shape index (κ2) is 16.1. The smallest absolute Gasteiger partial charge is 0.351 e. The summed E-state index contributed by atoms with van der Waals surface area (Å²) in [6, 6.07) is 26.7. The van der Waals surface area contributed by atoms with Gasteiger partial charge in [-0.15, -0.1) is 0 Å². The average Bonchev–Trinajstić information content (AvgIpc) is 3.38. The summed E-state index contributed by atoms with van der Waals surface area (Å²) in [5.74, 6) is 1.43. The van der Waals surface area contributed by atoms with Gasteiger partial charge >= 0.3 is 14.3 Å². The number of benzene rings is 3. The van der Waals surface area contributed by atoms with Crippen molar-refractivity contribution >= 4 is 31.1 Å². The minimum Gasteiger partial charge on any atom is -0.497 e. The first kappa shape index (κ1) is 38.8. The summed E-state index contributed by atoms with van der Waals surface area (Å²) in [6.45, 7) is 12.2. The Morgan fingerprint density at radius 1 is 0.824 bits per heavy atom. The van der Waals surface area contributed by atoms with Crippen molar-refractivity contribution in [3.63, 3.8) is 0 Å². The monoisotopic (exact) mass is 753 g/mol. The predicted octanol–water partition coefficient (Wildman–Crippen LogP) is 6.42. The number of nitrogens with zero attached hydrogens (tertiary/aromatic N) is 2. The largest absolute Gasteiger partial charge is 0.497 e. The minimum atomic E-state index is -2.18. The van der Waals surface area contributed by atoms with Crippen molar-refractivity contribution in [2.24, 2.45) is 0 Å². The summed E-state index contributed by atoms with van der Waals surface area (Å²) < 4.78 is 45.2. The number of aliphatic hydroxyl groups is 1. The lowest BCUT2D eigenvalue weighted by Crippen LogP contribution is -2.41. The van der Waals surface area contributed by atoms with Crippen LogP contribution < -0.4 is 20.9 Å². The lowest BCUT2D eigenvalue weighted by molar-refractivity contribution is -0.0943. The van der Waals surface area contributed by atoms with Crippen molar-refractivity contribution in [3.05, 3.63) is 118 Å². The maximum Gasteiger partial charge on any atom is 0.351 e. The van der Waals surface area contributed by atoms with E-state index in [9.17, 15) is 9.90 Å². The highest BCUT2D eigenvalue weighted by molar-refractivity contribution is 7.45. The van der Waals surface area contributed by atoms with E-state index >= 15 is 0 Å². The highest BCUT2D eigenvalue weighted by atomic mass is 31.2. The number of nitrogen functional groups attached to an aromatic ring is 1. The molecule has 15 heteroatoms. The summed E-state index contributed by atoms with van der Waals surface area (Å²) in [5.41, 5.74) is 6.42. The topological polar surface area (TPSA) is 146 Å². The van der Waals surface area contributed by atoms with E-state index in [0.717, 1.165) is 16.7 Å². The number of hydrogen-bond acceptors (Lipinski definition) is 11. The predicted molar refractivity (Wildman–Crippen MR) is 202 cm³/mol. The fourth-order valence-electron chi connectivity index (χ4n) is 5.72. The van der Waals surface area contributed by atoms with Crippen LogP contribution in [-0.4, -0.2) is 70.4 Å². The Hall–Kier alpha value is -3.44. The normalized spacial score (nSPS) is 19.7. The zero-order valence-corrected chi connectivity index (χ0v) is 33.2. The Bertz CT molecular complexity index is 1720. The van der Waals surface area contributed by atoms with Crippen molar-refractivity contribution in [2.45, 2.75) is 69.4 Å². The van der Waals surface area contributed by atoms with E-state index < -0.39 is 61.1 Å². The van der Waals surface area contributed by atoms with Crippen molar-refractivity contribution in [3.8, 4) is 11.5 Å². The molecule has 0 bridgehead atoms. The molecule has 0 unspecified atom stereocenters. The fraction of sp³-hybridized carbons (Fsp3) is 0.389. The van der Waals surface area contributed by atoms with E-state index in [2.05, 4.69) is 4.98 Å². The number of hydrogen-bond donors (Lipinski definition) is 2. The maximum absolute atomic E-state index is 13.0. The Balaban J connectivity index is 1.61. The molecule has 3 N–H and O–H groups in total. The summed E-state index contributed by atoms with van der Waals surface area (Å²) in [5, 5.41) is 11.9. The van der Waals surface area contributed by atoms with Gasteiger partial charge in [-0.3, -0.25) is 4.57 Å². The molecule has 4 aromatic rings. The Morgan fingerprint density at radius 3 is 1.80 bits per heavy atom. The van der Waals surface area contributed by atoms with E-state index in [4.69, 9.17) is 37.6 Å². The fourth-order valence-corrected chi connectivity index (χ4v) is 10.6. The molecule has 1 saturated heterocycles. The van der Waals surface area contributed by atoms with Crippen LogP contribution in [0.2, 0.25) is 39.3 Å². The maximum atomic E-state index is 13.0. The molecule has 5 rings (SSSR count). The van der Waals surface area contributed by atoms with Crippen LogP contribution in [0, 0.1) is 0 Å². The number of aromatic nitrogens is 2. The van der Waals surface area contributed by atoms with Crippen LogP contribution >= 0.6 is 8.60 Å². The molecule has 4 atom stereocenters. The van der Waals surface area contributed by atoms with E-state index in [1.54, 1.807) is 14.2 Å². The van der Waals surface area contributed by atoms with Gasteiger partial charge in [0.05, 0.1) is 20.8 Å². The van der Waals surface area contributed by atoms with Crippen LogP contribution in [0.5, 0.6) is 11.5 Å². The van der Waals surface area contributed by atoms with Crippen LogP contribution in [0.25, 0.3) is 0 Å². The van der Waals surface area contributed by atoms with Gasteiger partial charge < -0.3 is 42.7 Å². The van der Waals surface area contributed by atoms with Crippen LogP contribution in [-0.2, 0) is 28.0 Å². The summed E-state index contributed by atoms with van der Waals surface area (Å²) in [4.78, 5) is 16.9. The number of rotatable bonds is 15. The molecule has 0 aliphatic carbocycles. The number of aliphatic hydroxyl groups excluding tert-OH is 1. The molecule has 1 aromatic heterocycles. The van der Waals surface area contributed by atoms with Gasteiger partial charge in [-0.2, -0.15) is 4.98 Å². The first-order valence-corrected chi connectivity index (χ1v) is 24.6. The molecule has 51 heavy (non-hydrogen) atoms. The van der Waals surface area contributed by atoms with Gasteiger partial charge in [-0.25, -0.2) is 4.79 Å². The van der Waals surface area contributed by atoms with Gasteiger partial charge in [0.1, 0.15) is 41.2 Å². The van der Waals surface area contributed by atoms with E-state index in [1.165, 1.54) is 16.8 Å². The summed E-state index contributed by atoms with van der Waals surface area (Å²) in [7, 11) is -3.03. The lowest BCUT2D eigenvalue weighted by Gasteiger charge is -2.37. The van der Waals surface area contributed by atoms with Crippen LogP contribution in [0.3, 0.4) is 0 Å². The van der Waals surface area contributed by atoms with Crippen LogP contribution in [0.1, 0.15) is 22.9 Å². The second-order valence-electron chi connectivity index (χ2n) is 14.1. The number of methoxy groups -OCH3 is 2. The van der Waals surface area contributed by atoms with E-state index in [1.807, 2.05) is 118 Å². The quantitative estimate of drug-likeness (QED) is 0.0788. The minimum absolute atomic E-state index is 0.0543. The van der Waals surface area contributed by atoms with Gasteiger partial charge in [0, 0.05) is 6.20 Å². The highest BCUT2D eigenvalue weighted by Crippen LogP contribution is 2.50. The molecule has 3 aromatic carbocycles. The third-order valence-electron chi connectivity index (χ3n) is 7.98. The molecule has 0 amide bonds. The molecule has 1 fully saturated rings. The second-order valence-corrected chi connectivity index (χ2v) is 24.7. The number of anilines is 1. The Labute approximate surface area is 302 Å². The molecule has 0 radical (unpaired) electrons. The highest BCUT2D eigenvalue weighted by Gasteiger charge is 2.50. The summed E-state index contributed by atoms with van der Waals surface area (Å²) >= 11 is 0. The third-order valence-corrected chi connectivity index (χ3v) is 14.0. The van der Waals surface area contributed by atoms with Crippen molar-refractivity contribution < 1.29 is 37.0 Å². The van der Waals surface area contributed by atoms with Gasteiger partial charge in [-0.05, 0) is 86.3 Å². The van der Waals surface area contributed by atoms with Crippen LogP contribution in [0.4, 0.5) is 5.82 Å². The first-order chi connectivity index (χ1) is 24.1. The standard InChI is InChI=1S/C36H48N3O9PSi2/c1-42-28-18-14-26(15-19-28)36(25-12-10-9-11-13-25,27-16-20-29(43-2)21-17-27)44-24-30-33(46-49(47-50(3,4)5)48-51(6,7)8)32(40)34(45-30)39-23-22-31(37)38-35(39)41/h9-23,30,32-34,40H,24H2,1-8H3,(H2,37,38,41)/t30-,32-,33-,34-/m1/s1. The van der Waals surface area contributed by atoms with Crippen molar-refractivity contribution in [1.82, 2.24) is 9.55 Å². The average molecular weight is 754 g/mol. The van der Waals surface area contributed by atoms with Crippen LogP contribution in [0.15, 0.2) is 95.9 Å². The van der Waals surface area contributed by atoms with Gasteiger partial charge in [0.2, 0.25) is 0 Å². The van der Waals surface area contributed by atoms with E-state index in [0.29, 0.717) is 11.5 Å².